The van der Waals surface area contributed by atoms with E-state index in [2.05, 4.69) is 6.58 Å². The third-order valence-corrected chi connectivity index (χ3v) is 1.22. The van der Waals surface area contributed by atoms with Crippen LogP contribution in [0.15, 0.2) is 41.8 Å². The molecule has 1 aromatic heterocycles. The maximum atomic E-state index is 10.9. The topological polar surface area (TPSA) is 22.0 Å². The highest BCUT2D eigenvalue weighted by Crippen LogP contribution is 1.80. The van der Waals surface area contributed by atoms with Crippen molar-refractivity contribution >= 4 is 0 Å². The van der Waals surface area contributed by atoms with Gasteiger partial charge in [0.15, 0.2) is 0 Å². The van der Waals surface area contributed by atoms with Gasteiger partial charge in [0, 0.05) is 18.8 Å². The molecule has 0 N–H and O–H groups in total. The van der Waals surface area contributed by atoms with Crippen LogP contribution in [-0.2, 0) is 6.54 Å². The van der Waals surface area contributed by atoms with Gasteiger partial charge in [0.05, 0.1) is 0 Å². The lowest BCUT2D eigenvalue weighted by atomic mass is 10.4. The average molecular weight is 135 g/mol. The first-order valence-corrected chi connectivity index (χ1v) is 3.11. The molecule has 0 saturated carbocycles. The van der Waals surface area contributed by atoms with Gasteiger partial charge in [0.1, 0.15) is 0 Å². The van der Waals surface area contributed by atoms with Crippen LogP contribution in [0.1, 0.15) is 0 Å². The molecule has 0 bridgehead atoms. The molecular formula is C8H9NO. The van der Waals surface area contributed by atoms with Gasteiger partial charge in [0.25, 0.3) is 5.56 Å². The minimum atomic E-state index is 0.0161. The molecule has 0 saturated heterocycles. The first kappa shape index (κ1) is 6.81. The fourth-order valence-electron chi connectivity index (χ4n) is 0.751. The molecule has 52 valence electrons. The number of nitrogens with zero attached hydrogens (tertiary/aromatic N) is 1. The second-order valence-electron chi connectivity index (χ2n) is 1.98. The molecule has 1 aromatic rings. The standard InChI is InChI=1S/C8H9NO/c1-2-6-9-7-4-3-5-8(9)10/h2-5,7H,1,6H2. The Hall–Kier alpha value is -1.31. The number of aromatic nitrogens is 1. The van der Waals surface area contributed by atoms with Crippen LogP contribution in [0, 0.1) is 0 Å². The lowest BCUT2D eigenvalue weighted by Gasteiger charge is -1.97. The maximum Gasteiger partial charge on any atom is 0.250 e. The number of hydrogen-bond acceptors (Lipinski definition) is 1. The molecule has 0 unspecified atom stereocenters. The molecule has 0 radical (unpaired) electrons. The van der Waals surface area contributed by atoms with E-state index in [1.54, 1.807) is 22.9 Å². The van der Waals surface area contributed by atoms with E-state index < -0.39 is 0 Å². The van der Waals surface area contributed by atoms with Crippen LogP contribution in [0.4, 0.5) is 0 Å². The van der Waals surface area contributed by atoms with Crippen LogP contribution in [-0.4, -0.2) is 4.57 Å². The summed E-state index contributed by atoms with van der Waals surface area (Å²) < 4.78 is 1.59. The van der Waals surface area contributed by atoms with Gasteiger partial charge in [-0.3, -0.25) is 4.79 Å². The summed E-state index contributed by atoms with van der Waals surface area (Å²) >= 11 is 0. The third kappa shape index (κ3) is 1.35. The minimum Gasteiger partial charge on any atom is -0.312 e. The van der Waals surface area contributed by atoms with Gasteiger partial charge in [-0.25, -0.2) is 0 Å². The van der Waals surface area contributed by atoms with E-state index in [1.165, 1.54) is 6.07 Å². The monoisotopic (exact) mass is 135 g/mol. The summed E-state index contributed by atoms with van der Waals surface area (Å²) in [6.07, 6.45) is 3.44. The van der Waals surface area contributed by atoms with Gasteiger partial charge in [-0.05, 0) is 6.07 Å². The van der Waals surface area contributed by atoms with Crippen molar-refractivity contribution in [3.63, 3.8) is 0 Å². The average Bonchev–Trinajstić information content (AvgIpc) is 1.94. The van der Waals surface area contributed by atoms with E-state index in [0.717, 1.165) is 0 Å². The van der Waals surface area contributed by atoms with Crippen LogP contribution in [0.2, 0.25) is 0 Å². The van der Waals surface area contributed by atoms with E-state index >= 15 is 0 Å². The van der Waals surface area contributed by atoms with Gasteiger partial charge >= 0.3 is 0 Å². The highest BCUT2D eigenvalue weighted by atomic mass is 16.1. The maximum absolute atomic E-state index is 10.9. The Labute approximate surface area is 59.4 Å². The Morgan fingerprint density at radius 3 is 3.00 bits per heavy atom. The zero-order chi connectivity index (χ0) is 7.40. The van der Waals surface area contributed by atoms with E-state index in [9.17, 15) is 4.79 Å². The van der Waals surface area contributed by atoms with E-state index in [-0.39, 0.29) is 5.56 Å². The predicted octanol–water partition coefficient (Wildman–Crippen LogP) is 1.03. The summed E-state index contributed by atoms with van der Waals surface area (Å²) in [7, 11) is 0. The predicted molar refractivity (Wildman–Crippen MR) is 40.9 cm³/mol. The van der Waals surface area contributed by atoms with E-state index in [0.29, 0.717) is 6.54 Å². The van der Waals surface area contributed by atoms with Gasteiger partial charge < -0.3 is 4.57 Å². The molecule has 10 heavy (non-hydrogen) atoms. The normalized spacial score (nSPS) is 9.20. The van der Waals surface area contributed by atoms with Crippen LogP contribution in [0.25, 0.3) is 0 Å². The highest BCUT2D eigenvalue weighted by Gasteiger charge is 1.86. The van der Waals surface area contributed by atoms with Crippen LogP contribution < -0.4 is 5.56 Å². The Balaban J connectivity index is 3.03. The smallest absolute Gasteiger partial charge is 0.250 e. The molecule has 2 heteroatoms. The Morgan fingerprint density at radius 2 is 2.40 bits per heavy atom. The first-order chi connectivity index (χ1) is 4.84. The molecule has 1 heterocycles. The first-order valence-electron chi connectivity index (χ1n) is 3.11. The number of rotatable bonds is 2. The minimum absolute atomic E-state index is 0.0161. The number of pyridine rings is 1. The van der Waals surface area contributed by atoms with Gasteiger partial charge in [0.2, 0.25) is 0 Å². The number of allylic oxidation sites excluding steroid dienone is 1. The SMILES string of the molecule is C=CCn1ccccc1=O. The van der Waals surface area contributed by atoms with E-state index in [4.69, 9.17) is 0 Å². The fraction of sp³-hybridized carbons (Fsp3) is 0.125. The van der Waals surface area contributed by atoms with Crippen molar-refractivity contribution in [2.75, 3.05) is 0 Å². The fourth-order valence-corrected chi connectivity index (χ4v) is 0.751. The van der Waals surface area contributed by atoms with Gasteiger partial charge in [-0.2, -0.15) is 0 Å². The Bertz CT molecular complexity index is 275. The van der Waals surface area contributed by atoms with Gasteiger partial charge in [-0.1, -0.05) is 12.1 Å². The lowest BCUT2D eigenvalue weighted by Crippen LogP contribution is -2.16. The van der Waals surface area contributed by atoms with Crippen molar-refractivity contribution in [2.45, 2.75) is 6.54 Å². The summed E-state index contributed by atoms with van der Waals surface area (Å²) in [6, 6.07) is 5.08. The molecule has 0 aliphatic heterocycles. The molecule has 0 atom stereocenters. The van der Waals surface area contributed by atoms with Crippen LogP contribution in [0.3, 0.4) is 0 Å². The molecule has 0 amide bonds. The van der Waals surface area contributed by atoms with Gasteiger partial charge in [-0.15, -0.1) is 6.58 Å². The Morgan fingerprint density at radius 1 is 1.60 bits per heavy atom. The third-order valence-electron chi connectivity index (χ3n) is 1.22. The largest absolute Gasteiger partial charge is 0.312 e. The summed E-state index contributed by atoms with van der Waals surface area (Å²) in [5, 5.41) is 0. The van der Waals surface area contributed by atoms with Crippen LogP contribution in [0.5, 0.6) is 0 Å². The quantitative estimate of drug-likeness (QED) is 0.555. The van der Waals surface area contributed by atoms with E-state index in [1.807, 2.05) is 6.07 Å². The molecule has 0 aliphatic carbocycles. The second kappa shape index (κ2) is 3.01. The van der Waals surface area contributed by atoms with Crippen molar-refractivity contribution in [2.24, 2.45) is 0 Å². The highest BCUT2D eigenvalue weighted by molar-refractivity contribution is 4.94. The number of hydrogen-bond donors (Lipinski definition) is 0. The summed E-state index contributed by atoms with van der Waals surface area (Å²) in [6.45, 7) is 4.12. The molecule has 0 fully saturated rings. The molecular weight excluding hydrogens is 126 g/mol. The summed E-state index contributed by atoms with van der Waals surface area (Å²) in [4.78, 5) is 10.9. The van der Waals surface area contributed by atoms with Crippen molar-refractivity contribution in [1.29, 1.82) is 0 Å². The molecule has 0 aliphatic rings. The molecule has 1 rings (SSSR count). The zero-order valence-corrected chi connectivity index (χ0v) is 5.66. The molecule has 0 aromatic carbocycles. The van der Waals surface area contributed by atoms with Crippen molar-refractivity contribution < 1.29 is 0 Å². The molecule has 0 spiro atoms. The summed E-state index contributed by atoms with van der Waals surface area (Å²) in [5.74, 6) is 0. The van der Waals surface area contributed by atoms with Crippen molar-refractivity contribution in [3.8, 4) is 0 Å². The second-order valence-corrected chi connectivity index (χ2v) is 1.98. The zero-order valence-electron chi connectivity index (χ0n) is 5.66. The summed E-state index contributed by atoms with van der Waals surface area (Å²) in [5.41, 5.74) is 0.0161. The lowest BCUT2D eigenvalue weighted by molar-refractivity contribution is 0.780. The Kier molecular flexibility index (Phi) is 2.05. The van der Waals surface area contributed by atoms with Crippen molar-refractivity contribution in [1.82, 2.24) is 4.57 Å². The van der Waals surface area contributed by atoms with Crippen LogP contribution >= 0.6 is 0 Å². The molecule has 2 nitrogen and oxygen atoms in total. The van der Waals surface area contributed by atoms with Crippen molar-refractivity contribution in [3.05, 3.63) is 47.4 Å².